The van der Waals surface area contributed by atoms with E-state index in [4.69, 9.17) is 9.97 Å². The van der Waals surface area contributed by atoms with Gasteiger partial charge in [0, 0.05) is 23.0 Å². The van der Waals surface area contributed by atoms with Gasteiger partial charge in [0.2, 0.25) is 0 Å². The third-order valence-electron chi connectivity index (χ3n) is 7.72. The minimum atomic E-state index is -0.213. The third-order valence-corrected chi connectivity index (χ3v) is 7.72. The van der Waals surface area contributed by atoms with Crippen molar-refractivity contribution in [2.45, 2.75) is 46.5 Å². The Balaban J connectivity index is 1.55. The number of pyridine rings is 1. The molecule has 0 spiro atoms. The average Bonchev–Trinajstić information content (AvgIpc) is 3.36. The molecular weight excluding hydrogens is 514 g/mol. The molecule has 0 amide bonds. The molecule has 42 heavy (non-hydrogen) atoms. The summed E-state index contributed by atoms with van der Waals surface area (Å²) in [6.45, 7) is 10.8. The number of benzene rings is 4. The number of aromatic hydroxyl groups is 1. The normalized spacial score (nSPS) is 11.9. The van der Waals surface area contributed by atoms with E-state index >= 15 is 0 Å². The van der Waals surface area contributed by atoms with Gasteiger partial charge in [-0.15, -0.1) is 0 Å². The maximum absolute atomic E-state index is 11.5. The van der Waals surface area contributed by atoms with Gasteiger partial charge in [0.15, 0.2) is 0 Å². The van der Waals surface area contributed by atoms with Crippen molar-refractivity contribution < 1.29 is 5.11 Å². The monoisotopic (exact) mass is 551 g/mol. The number of aromatic nitrogens is 3. The molecule has 0 radical (unpaired) electrons. The molecule has 0 saturated carbocycles. The maximum Gasteiger partial charge on any atom is 0.149 e. The van der Waals surface area contributed by atoms with Crippen LogP contribution in [-0.4, -0.2) is 19.6 Å². The molecule has 1 N–H and O–H groups in total. The highest BCUT2D eigenvalue weighted by Gasteiger charge is 2.24. The third kappa shape index (κ3) is 5.21. The van der Waals surface area contributed by atoms with Crippen LogP contribution in [0.1, 0.15) is 45.7 Å². The smallest absolute Gasteiger partial charge is 0.149 e. The van der Waals surface area contributed by atoms with E-state index < -0.39 is 0 Å². The van der Waals surface area contributed by atoms with E-state index in [0.717, 1.165) is 51.1 Å². The first-order valence-corrected chi connectivity index (χ1v) is 14.7. The molecule has 210 valence electrons. The van der Waals surface area contributed by atoms with Gasteiger partial charge in [0.25, 0.3) is 0 Å². The zero-order valence-corrected chi connectivity index (χ0v) is 25.0. The number of phenols is 1. The summed E-state index contributed by atoms with van der Waals surface area (Å²) < 4.78 is 2.15. The van der Waals surface area contributed by atoms with Gasteiger partial charge in [0.05, 0.1) is 22.3 Å². The number of phenolic OH excluding ortho intramolecular Hbond substituents is 1. The van der Waals surface area contributed by atoms with Gasteiger partial charge in [0.1, 0.15) is 11.6 Å². The first-order chi connectivity index (χ1) is 20.2. The molecule has 2 aromatic heterocycles. The predicted octanol–water partition coefficient (Wildman–Crippen LogP) is 9.62. The molecule has 4 nitrogen and oxygen atoms in total. The molecule has 2 heterocycles. The summed E-state index contributed by atoms with van der Waals surface area (Å²) in [5.41, 5.74) is 9.72. The number of fused-ring (bicyclic) bond motifs is 1. The first kappa shape index (κ1) is 27.5. The molecular formula is C38H37N3O. The number of nitrogens with zero attached hydrogens (tertiary/aromatic N) is 3. The Morgan fingerprint density at radius 3 is 2.24 bits per heavy atom. The van der Waals surface area contributed by atoms with Gasteiger partial charge in [-0.1, -0.05) is 95.3 Å². The summed E-state index contributed by atoms with van der Waals surface area (Å²) in [4.78, 5) is 9.96. The summed E-state index contributed by atoms with van der Waals surface area (Å²) in [6.07, 6.45) is 2.93. The lowest BCUT2D eigenvalue weighted by atomic mass is 9.85. The lowest BCUT2D eigenvalue weighted by Gasteiger charge is -2.22. The highest BCUT2D eigenvalue weighted by atomic mass is 16.3. The summed E-state index contributed by atoms with van der Waals surface area (Å²) in [5.74, 6) is 1.57. The van der Waals surface area contributed by atoms with Gasteiger partial charge in [-0.25, -0.2) is 4.98 Å². The second kappa shape index (κ2) is 10.9. The van der Waals surface area contributed by atoms with E-state index in [9.17, 15) is 5.11 Å². The maximum atomic E-state index is 11.5. The molecule has 4 aromatic carbocycles. The lowest BCUT2D eigenvalue weighted by molar-refractivity contribution is 0.448. The quantitative estimate of drug-likeness (QED) is 0.224. The Labute approximate surface area is 248 Å². The second-order valence-corrected chi connectivity index (χ2v) is 12.5. The number of imidazole rings is 1. The SMILES string of the molecule is CC(C)Cc1ccnc(-c2cccc(-c3cccc4c3nc(-c3cccc(C(C)(C)C)c3O)n4-c3ccccc3)c2)c1. The van der Waals surface area contributed by atoms with E-state index in [1.807, 2.05) is 42.6 Å². The molecule has 0 saturated heterocycles. The van der Waals surface area contributed by atoms with Crippen LogP contribution >= 0.6 is 0 Å². The zero-order chi connectivity index (χ0) is 29.4. The zero-order valence-electron chi connectivity index (χ0n) is 25.0. The van der Waals surface area contributed by atoms with Crippen molar-refractivity contribution >= 4 is 11.0 Å². The Hall–Kier alpha value is -4.70. The highest BCUT2D eigenvalue weighted by Crippen LogP contribution is 2.41. The Bertz CT molecular complexity index is 1880. The van der Waals surface area contributed by atoms with Crippen molar-refractivity contribution in [3.05, 3.63) is 120 Å². The molecule has 6 aromatic rings. The van der Waals surface area contributed by atoms with Gasteiger partial charge in [-0.3, -0.25) is 9.55 Å². The molecule has 0 atom stereocenters. The summed E-state index contributed by atoms with van der Waals surface area (Å²) in [7, 11) is 0. The van der Waals surface area contributed by atoms with Crippen molar-refractivity contribution in [2.24, 2.45) is 5.92 Å². The van der Waals surface area contributed by atoms with Crippen LogP contribution in [0.3, 0.4) is 0 Å². The van der Waals surface area contributed by atoms with Crippen LogP contribution in [-0.2, 0) is 11.8 Å². The Morgan fingerprint density at radius 2 is 1.48 bits per heavy atom. The van der Waals surface area contributed by atoms with Gasteiger partial charge in [-0.05, 0) is 76.9 Å². The van der Waals surface area contributed by atoms with Crippen molar-refractivity contribution in [1.29, 1.82) is 0 Å². The average molecular weight is 552 g/mol. The highest BCUT2D eigenvalue weighted by molar-refractivity contribution is 5.96. The Kier molecular flexibility index (Phi) is 7.16. The minimum Gasteiger partial charge on any atom is -0.507 e. The van der Waals surface area contributed by atoms with Crippen LogP contribution in [0.4, 0.5) is 0 Å². The fraction of sp³-hybridized carbons (Fsp3) is 0.211. The molecule has 0 bridgehead atoms. The number of para-hydroxylation sites is 3. The van der Waals surface area contributed by atoms with Crippen molar-refractivity contribution in [3.8, 4) is 45.2 Å². The van der Waals surface area contributed by atoms with Crippen LogP contribution < -0.4 is 0 Å². The van der Waals surface area contributed by atoms with Crippen LogP contribution in [0.2, 0.25) is 0 Å². The minimum absolute atomic E-state index is 0.213. The number of hydrogen-bond donors (Lipinski definition) is 1. The molecule has 4 heteroatoms. The van der Waals surface area contributed by atoms with E-state index in [0.29, 0.717) is 17.3 Å². The summed E-state index contributed by atoms with van der Waals surface area (Å²) in [5, 5.41) is 11.5. The lowest BCUT2D eigenvalue weighted by Crippen LogP contribution is -2.11. The molecule has 0 fully saturated rings. The molecule has 0 aliphatic heterocycles. The van der Waals surface area contributed by atoms with Gasteiger partial charge < -0.3 is 5.11 Å². The van der Waals surface area contributed by atoms with Crippen molar-refractivity contribution in [1.82, 2.24) is 14.5 Å². The summed E-state index contributed by atoms with van der Waals surface area (Å²) >= 11 is 0. The summed E-state index contributed by atoms with van der Waals surface area (Å²) in [6, 6.07) is 35.4. The van der Waals surface area contributed by atoms with Gasteiger partial charge >= 0.3 is 0 Å². The van der Waals surface area contributed by atoms with Crippen LogP contribution in [0.5, 0.6) is 5.75 Å². The molecule has 0 aliphatic carbocycles. The van der Waals surface area contributed by atoms with Crippen LogP contribution in [0.25, 0.3) is 50.5 Å². The Morgan fingerprint density at radius 1 is 0.762 bits per heavy atom. The number of hydrogen-bond acceptors (Lipinski definition) is 3. The first-order valence-electron chi connectivity index (χ1n) is 14.7. The molecule has 0 unspecified atom stereocenters. The molecule has 6 rings (SSSR count). The van der Waals surface area contributed by atoms with Crippen molar-refractivity contribution in [3.63, 3.8) is 0 Å². The largest absolute Gasteiger partial charge is 0.507 e. The standard InChI is InChI=1S/C38H37N3O/c1-25(2)22-26-20-21-39-33(23-26)28-13-9-12-27(24-28)30-16-11-19-34-35(30)40-37(41(34)29-14-7-6-8-15-29)31-17-10-18-32(36(31)42)38(3,4)5/h6-21,23-25,42H,22H2,1-5H3. The van der Waals surface area contributed by atoms with E-state index in [1.165, 1.54) is 5.56 Å². The van der Waals surface area contributed by atoms with Gasteiger partial charge in [-0.2, -0.15) is 0 Å². The van der Waals surface area contributed by atoms with Crippen LogP contribution in [0.15, 0.2) is 109 Å². The number of rotatable bonds is 6. The topological polar surface area (TPSA) is 50.9 Å². The van der Waals surface area contributed by atoms with Crippen LogP contribution in [0, 0.1) is 5.92 Å². The second-order valence-electron chi connectivity index (χ2n) is 12.5. The molecule has 0 aliphatic rings. The van der Waals surface area contributed by atoms with E-state index in [1.54, 1.807) is 0 Å². The predicted molar refractivity (Wildman–Crippen MR) is 174 cm³/mol. The van der Waals surface area contributed by atoms with E-state index in [2.05, 4.69) is 106 Å². The fourth-order valence-electron chi connectivity index (χ4n) is 5.76. The van der Waals surface area contributed by atoms with Crippen molar-refractivity contribution in [2.75, 3.05) is 0 Å². The fourth-order valence-corrected chi connectivity index (χ4v) is 5.76. The van der Waals surface area contributed by atoms with E-state index in [-0.39, 0.29) is 11.2 Å².